The van der Waals surface area contributed by atoms with Gasteiger partial charge in [-0.25, -0.2) is 0 Å². The molecule has 0 radical (unpaired) electrons. The second kappa shape index (κ2) is 3.26. The van der Waals surface area contributed by atoms with E-state index in [1.54, 1.807) is 13.2 Å². The van der Waals surface area contributed by atoms with E-state index in [4.69, 9.17) is 0 Å². The van der Waals surface area contributed by atoms with Crippen LogP contribution in [0.1, 0.15) is 13.8 Å². The molecule has 0 saturated heterocycles. The van der Waals surface area contributed by atoms with Gasteiger partial charge in [0.1, 0.15) is 6.04 Å². The molecular formula is C7H10N2O2S. The van der Waals surface area contributed by atoms with Crippen molar-refractivity contribution in [2.75, 3.05) is 6.26 Å². The maximum Gasteiger partial charge on any atom is 0.271 e. The molecule has 5 heteroatoms. The Morgan fingerprint density at radius 3 is 2.58 bits per heavy atom. The molecule has 1 aliphatic rings. The summed E-state index contributed by atoms with van der Waals surface area (Å²) < 4.78 is 0. The van der Waals surface area contributed by atoms with Gasteiger partial charge >= 0.3 is 0 Å². The van der Waals surface area contributed by atoms with Gasteiger partial charge in [-0.2, -0.15) is 4.99 Å². The molecule has 0 saturated carbocycles. The Balaban J connectivity index is 2.93. The second-order valence-corrected chi connectivity index (χ2v) is 3.28. The number of aliphatic imine (C=N–C) groups is 1. The molecular weight excluding hydrogens is 176 g/mol. The first-order valence-corrected chi connectivity index (χ1v) is 4.76. The Morgan fingerprint density at radius 1 is 1.67 bits per heavy atom. The molecule has 0 spiro atoms. The largest absolute Gasteiger partial charge is 0.279 e. The number of carbonyl (C=O) groups is 2. The maximum atomic E-state index is 11.1. The Labute approximate surface area is 75.0 Å². The van der Waals surface area contributed by atoms with E-state index in [9.17, 15) is 9.59 Å². The predicted octanol–water partition coefficient (Wildman–Crippen LogP) is 0.483. The van der Waals surface area contributed by atoms with Crippen LogP contribution in [0, 0.1) is 0 Å². The molecule has 1 atom stereocenters. The number of amides is 2. The van der Waals surface area contributed by atoms with Gasteiger partial charge in [0.25, 0.3) is 5.91 Å². The summed E-state index contributed by atoms with van der Waals surface area (Å²) in [7, 11) is 0. The smallest absolute Gasteiger partial charge is 0.271 e. The van der Waals surface area contributed by atoms with Crippen molar-refractivity contribution >= 4 is 28.7 Å². The first-order valence-electron chi connectivity index (χ1n) is 3.54. The van der Waals surface area contributed by atoms with Gasteiger partial charge in [-0.15, -0.1) is 0 Å². The zero-order chi connectivity index (χ0) is 9.30. The summed E-state index contributed by atoms with van der Waals surface area (Å²) in [6, 6.07) is -0.426. The van der Waals surface area contributed by atoms with Crippen molar-refractivity contribution in [2.24, 2.45) is 4.99 Å². The number of hydrogen-bond donors (Lipinski definition) is 0. The molecule has 0 aromatic heterocycles. The topological polar surface area (TPSA) is 49.7 Å². The monoisotopic (exact) mass is 186 g/mol. The third kappa shape index (κ3) is 1.36. The zero-order valence-corrected chi connectivity index (χ0v) is 8.01. The lowest BCUT2D eigenvalue weighted by molar-refractivity contribution is -0.130. The van der Waals surface area contributed by atoms with Crippen LogP contribution in [0.15, 0.2) is 4.99 Å². The average Bonchev–Trinajstić information content (AvgIpc) is 2.28. The summed E-state index contributed by atoms with van der Waals surface area (Å²) in [6.07, 6.45) is 1.79. The number of carbonyl (C=O) groups excluding carboxylic acids is 2. The fourth-order valence-electron chi connectivity index (χ4n) is 1.07. The van der Waals surface area contributed by atoms with E-state index in [0.29, 0.717) is 5.17 Å². The summed E-state index contributed by atoms with van der Waals surface area (Å²) in [5.74, 6) is -0.379. The molecule has 1 aliphatic heterocycles. The van der Waals surface area contributed by atoms with Crippen molar-refractivity contribution in [2.45, 2.75) is 19.9 Å². The lowest BCUT2D eigenvalue weighted by atomic mass is 10.3. The highest BCUT2D eigenvalue weighted by atomic mass is 32.2. The quantitative estimate of drug-likeness (QED) is 0.553. The third-order valence-electron chi connectivity index (χ3n) is 1.68. The molecule has 2 amide bonds. The molecule has 0 aromatic carbocycles. The van der Waals surface area contributed by atoms with Gasteiger partial charge in [0.15, 0.2) is 5.17 Å². The minimum atomic E-state index is -0.426. The molecule has 0 aromatic rings. The highest BCUT2D eigenvalue weighted by molar-refractivity contribution is 8.13. The van der Waals surface area contributed by atoms with Crippen LogP contribution in [0.3, 0.4) is 0 Å². The van der Waals surface area contributed by atoms with Crippen molar-refractivity contribution in [3.05, 3.63) is 0 Å². The van der Waals surface area contributed by atoms with Gasteiger partial charge in [-0.1, -0.05) is 11.8 Å². The van der Waals surface area contributed by atoms with Crippen molar-refractivity contribution in [3.63, 3.8) is 0 Å². The van der Waals surface area contributed by atoms with E-state index in [0.717, 1.165) is 0 Å². The molecule has 0 bridgehead atoms. The van der Waals surface area contributed by atoms with Crippen LogP contribution in [0.25, 0.3) is 0 Å². The normalized spacial score (nSPS) is 22.9. The van der Waals surface area contributed by atoms with Gasteiger partial charge in [0, 0.05) is 6.92 Å². The van der Waals surface area contributed by atoms with Crippen LogP contribution in [0.4, 0.5) is 0 Å². The van der Waals surface area contributed by atoms with Crippen molar-refractivity contribution in [1.29, 1.82) is 0 Å². The molecule has 1 unspecified atom stereocenters. The maximum absolute atomic E-state index is 11.1. The fraction of sp³-hybridized carbons (Fsp3) is 0.571. The van der Waals surface area contributed by atoms with Crippen LogP contribution in [-0.4, -0.2) is 34.2 Å². The minimum absolute atomic E-state index is 0.138. The van der Waals surface area contributed by atoms with Gasteiger partial charge in [0.2, 0.25) is 5.91 Å². The molecule has 0 N–H and O–H groups in total. The lowest BCUT2D eigenvalue weighted by Gasteiger charge is -2.18. The SMILES string of the molecule is CSC1=NC(=O)C(C)N1C(C)=O. The van der Waals surface area contributed by atoms with Gasteiger partial charge in [-0.3, -0.25) is 14.5 Å². The van der Waals surface area contributed by atoms with E-state index in [1.807, 2.05) is 0 Å². The first-order chi connectivity index (χ1) is 5.57. The van der Waals surface area contributed by atoms with Crippen LogP contribution in [-0.2, 0) is 9.59 Å². The lowest BCUT2D eigenvalue weighted by Crippen LogP contribution is -2.38. The van der Waals surface area contributed by atoms with E-state index in [1.165, 1.54) is 23.6 Å². The van der Waals surface area contributed by atoms with E-state index < -0.39 is 6.04 Å². The summed E-state index contributed by atoms with van der Waals surface area (Å²) in [4.78, 5) is 27.3. The molecule has 66 valence electrons. The predicted molar refractivity (Wildman–Crippen MR) is 47.9 cm³/mol. The fourth-order valence-corrected chi connectivity index (χ4v) is 1.73. The summed E-state index contributed by atoms with van der Waals surface area (Å²) >= 11 is 1.31. The first kappa shape index (κ1) is 9.25. The number of thioether (sulfide) groups is 1. The number of amidine groups is 1. The van der Waals surface area contributed by atoms with Gasteiger partial charge in [-0.05, 0) is 13.2 Å². The summed E-state index contributed by atoms with van der Waals surface area (Å²) in [5, 5.41) is 0.500. The highest BCUT2D eigenvalue weighted by Crippen LogP contribution is 2.17. The van der Waals surface area contributed by atoms with Crippen LogP contribution in [0.5, 0.6) is 0 Å². The number of hydrogen-bond acceptors (Lipinski definition) is 3. The second-order valence-electron chi connectivity index (χ2n) is 2.50. The van der Waals surface area contributed by atoms with Gasteiger partial charge < -0.3 is 0 Å². The van der Waals surface area contributed by atoms with E-state index in [2.05, 4.69) is 4.99 Å². The Hall–Kier alpha value is -0.840. The van der Waals surface area contributed by atoms with Crippen molar-refractivity contribution in [1.82, 2.24) is 4.90 Å². The Morgan fingerprint density at radius 2 is 2.25 bits per heavy atom. The molecule has 1 rings (SSSR count). The van der Waals surface area contributed by atoms with Crippen LogP contribution in [0.2, 0.25) is 0 Å². The van der Waals surface area contributed by atoms with Crippen LogP contribution >= 0.6 is 11.8 Å². The standard InChI is InChI=1S/C7H10N2O2S/c1-4-6(11)8-7(12-3)9(4)5(2)10/h4H,1-3H3. The van der Waals surface area contributed by atoms with Gasteiger partial charge in [0.05, 0.1) is 0 Å². The van der Waals surface area contributed by atoms with Crippen LogP contribution < -0.4 is 0 Å². The Bertz CT molecular complexity index is 262. The minimum Gasteiger partial charge on any atom is -0.279 e. The molecule has 0 aliphatic carbocycles. The number of rotatable bonds is 0. The molecule has 1 heterocycles. The molecule has 12 heavy (non-hydrogen) atoms. The summed E-state index contributed by atoms with van der Waals surface area (Å²) in [6.45, 7) is 3.11. The molecule has 0 fully saturated rings. The average molecular weight is 186 g/mol. The van der Waals surface area contributed by atoms with E-state index in [-0.39, 0.29) is 11.8 Å². The van der Waals surface area contributed by atoms with Crippen molar-refractivity contribution < 1.29 is 9.59 Å². The molecule has 4 nitrogen and oxygen atoms in total. The van der Waals surface area contributed by atoms with Crippen molar-refractivity contribution in [3.8, 4) is 0 Å². The van der Waals surface area contributed by atoms with E-state index >= 15 is 0 Å². The summed E-state index contributed by atoms with van der Waals surface area (Å²) in [5.41, 5.74) is 0. The highest BCUT2D eigenvalue weighted by Gasteiger charge is 2.33. The Kier molecular flexibility index (Phi) is 2.52. The zero-order valence-electron chi connectivity index (χ0n) is 7.20. The third-order valence-corrected chi connectivity index (χ3v) is 2.33. The number of nitrogens with zero attached hydrogens (tertiary/aromatic N) is 2.